The fourth-order valence-corrected chi connectivity index (χ4v) is 2.37. The van der Waals surface area contributed by atoms with Crippen molar-refractivity contribution in [3.8, 4) is 0 Å². The van der Waals surface area contributed by atoms with Gasteiger partial charge in [0.15, 0.2) is 0 Å². The molecule has 0 spiro atoms. The molecule has 0 fully saturated rings. The first kappa shape index (κ1) is 13.0. The van der Waals surface area contributed by atoms with Crippen molar-refractivity contribution < 1.29 is 4.79 Å². The van der Waals surface area contributed by atoms with Crippen molar-refractivity contribution in [3.63, 3.8) is 0 Å². The predicted octanol–water partition coefficient (Wildman–Crippen LogP) is 3.09. The summed E-state index contributed by atoms with van der Waals surface area (Å²) in [7, 11) is 0. The molecule has 0 bridgehead atoms. The molecule has 0 aliphatic carbocycles. The van der Waals surface area contributed by atoms with Crippen LogP contribution < -0.4 is 0 Å². The maximum atomic E-state index is 12.4. The third-order valence-corrected chi connectivity index (χ3v) is 3.25. The highest BCUT2D eigenvalue weighted by Crippen LogP contribution is 2.17. The Balaban J connectivity index is 2.44. The molecule has 1 heterocycles. The summed E-state index contributed by atoms with van der Waals surface area (Å²) in [5, 5.41) is 2.74. The standard InChI is InChI=1S/C14H15BrN2O/c1-2-17(10-8-15)14(18)13-12-6-4-3-5-11(12)7-9-16-13/h3-7,9H,2,8,10H2,1H3. The molecule has 3 nitrogen and oxygen atoms in total. The molecule has 1 aromatic heterocycles. The van der Waals surface area contributed by atoms with Gasteiger partial charge in [-0.1, -0.05) is 40.2 Å². The summed E-state index contributed by atoms with van der Waals surface area (Å²) < 4.78 is 0. The van der Waals surface area contributed by atoms with Gasteiger partial charge in [-0.3, -0.25) is 9.78 Å². The minimum atomic E-state index is -0.00579. The highest BCUT2D eigenvalue weighted by Gasteiger charge is 2.17. The lowest BCUT2D eigenvalue weighted by atomic mass is 10.1. The number of carbonyl (C=O) groups is 1. The summed E-state index contributed by atoms with van der Waals surface area (Å²) in [6.45, 7) is 3.36. The number of aromatic nitrogens is 1. The number of hydrogen-bond acceptors (Lipinski definition) is 2. The SMILES string of the molecule is CCN(CCBr)C(=O)c1nccc2ccccc12. The Bertz CT molecular complexity index is 551. The average Bonchev–Trinajstić information content (AvgIpc) is 2.43. The Morgan fingerprint density at radius 2 is 2.11 bits per heavy atom. The maximum Gasteiger partial charge on any atom is 0.273 e. The third kappa shape index (κ3) is 2.53. The normalized spacial score (nSPS) is 10.6. The average molecular weight is 307 g/mol. The Hall–Kier alpha value is -1.42. The van der Waals surface area contributed by atoms with E-state index in [9.17, 15) is 4.79 Å². The van der Waals surface area contributed by atoms with Gasteiger partial charge in [0.05, 0.1) is 0 Å². The number of carbonyl (C=O) groups excluding carboxylic acids is 1. The number of rotatable bonds is 4. The molecule has 0 aliphatic heterocycles. The van der Waals surface area contributed by atoms with Gasteiger partial charge in [-0.05, 0) is 18.4 Å². The molecule has 0 saturated heterocycles. The topological polar surface area (TPSA) is 33.2 Å². The molecule has 1 aromatic carbocycles. The quantitative estimate of drug-likeness (QED) is 0.813. The lowest BCUT2D eigenvalue weighted by molar-refractivity contribution is 0.0771. The Kier molecular flexibility index (Phi) is 4.31. The molecule has 2 rings (SSSR count). The van der Waals surface area contributed by atoms with Crippen molar-refractivity contribution in [1.82, 2.24) is 9.88 Å². The number of hydrogen-bond donors (Lipinski definition) is 0. The molecular formula is C14H15BrN2O. The zero-order valence-corrected chi connectivity index (χ0v) is 11.9. The van der Waals surface area contributed by atoms with Gasteiger partial charge in [-0.15, -0.1) is 0 Å². The van der Waals surface area contributed by atoms with Crippen LogP contribution in [0.15, 0.2) is 36.5 Å². The summed E-state index contributed by atoms with van der Waals surface area (Å²) >= 11 is 3.37. The van der Waals surface area contributed by atoms with Crippen molar-refractivity contribution in [3.05, 3.63) is 42.2 Å². The van der Waals surface area contributed by atoms with Crippen LogP contribution in [0.2, 0.25) is 0 Å². The third-order valence-electron chi connectivity index (χ3n) is 2.90. The Morgan fingerprint density at radius 3 is 2.83 bits per heavy atom. The fourth-order valence-electron chi connectivity index (χ4n) is 1.95. The Labute approximate surface area is 115 Å². The van der Waals surface area contributed by atoms with E-state index in [1.165, 1.54) is 0 Å². The number of nitrogens with zero attached hydrogens (tertiary/aromatic N) is 2. The van der Waals surface area contributed by atoms with Crippen LogP contribution in [0.1, 0.15) is 17.4 Å². The summed E-state index contributed by atoms with van der Waals surface area (Å²) in [4.78, 5) is 18.5. The van der Waals surface area contributed by atoms with Crippen LogP contribution in [-0.2, 0) is 0 Å². The van der Waals surface area contributed by atoms with Gasteiger partial charge in [-0.2, -0.15) is 0 Å². The molecule has 2 aromatic rings. The van der Waals surface area contributed by atoms with Crippen LogP contribution in [0.25, 0.3) is 10.8 Å². The smallest absolute Gasteiger partial charge is 0.273 e. The molecule has 0 aliphatic rings. The van der Waals surface area contributed by atoms with Crippen molar-refractivity contribution >= 4 is 32.6 Å². The molecule has 18 heavy (non-hydrogen) atoms. The predicted molar refractivity (Wildman–Crippen MR) is 77.1 cm³/mol. The number of pyridine rings is 1. The van der Waals surface area contributed by atoms with Crippen LogP contribution in [-0.4, -0.2) is 34.2 Å². The molecule has 0 unspecified atom stereocenters. The fraction of sp³-hybridized carbons (Fsp3) is 0.286. The minimum Gasteiger partial charge on any atom is -0.337 e. The van der Waals surface area contributed by atoms with Gasteiger partial charge in [0.2, 0.25) is 0 Å². The van der Waals surface area contributed by atoms with Crippen molar-refractivity contribution in [2.24, 2.45) is 0 Å². The van der Waals surface area contributed by atoms with Crippen LogP contribution in [0.4, 0.5) is 0 Å². The van der Waals surface area contributed by atoms with Crippen LogP contribution >= 0.6 is 15.9 Å². The van der Waals surface area contributed by atoms with Crippen molar-refractivity contribution in [2.75, 3.05) is 18.4 Å². The number of alkyl halides is 1. The second-order valence-electron chi connectivity index (χ2n) is 3.95. The van der Waals surface area contributed by atoms with Gasteiger partial charge in [-0.25, -0.2) is 0 Å². The Morgan fingerprint density at radius 1 is 1.33 bits per heavy atom. The van der Waals surface area contributed by atoms with Gasteiger partial charge in [0.1, 0.15) is 5.69 Å². The van der Waals surface area contributed by atoms with E-state index in [4.69, 9.17) is 0 Å². The molecule has 0 N–H and O–H groups in total. The molecular weight excluding hydrogens is 292 g/mol. The number of benzene rings is 1. The minimum absolute atomic E-state index is 0.00579. The van der Waals surface area contributed by atoms with E-state index in [-0.39, 0.29) is 5.91 Å². The zero-order valence-electron chi connectivity index (χ0n) is 10.3. The lowest BCUT2D eigenvalue weighted by Crippen LogP contribution is -2.33. The second-order valence-corrected chi connectivity index (χ2v) is 4.75. The monoisotopic (exact) mass is 306 g/mol. The highest BCUT2D eigenvalue weighted by atomic mass is 79.9. The summed E-state index contributed by atoms with van der Waals surface area (Å²) in [5.41, 5.74) is 0.538. The van der Waals surface area contributed by atoms with E-state index in [1.54, 1.807) is 11.1 Å². The maximum absolute atomic E-state index is 12.4. The largest absolute Gasteiger partial charge is 0.337 e. The molecule has 0 saturated carbocycles. The van der Waals surface area contributed by atoms with Crippen molar-refractivity contribution in [1.29, 1.82) is 0 Å². The van der Waals surface area contributed by atoms with E-state index >= 15 is 0 Å². The number of fused-ring (bicyclic) bond motifs is 1. The molecule has 94 valence electrons. The number of halogens is 1. The second kappa shape index (κ2) is 5.96. The van der Waals surface area contributed by atoms with Gasteiger partial charge in [0, 0.05) is 30.0 Å². The van der Waals surface area contributed by atoms with Gasteiger partial charge >= 0.3 is 0 Å². The lowest BCUT2D eigenvalue weighted by Gasteiger charge is -2.19. The van der Waals surface area contributed by atoms with E-state index in [0.717, 1.165) is 16.1 Å². The number of amides is 1. The first-order chi connectivity index (χ1) is 8.77. The highest BCUT2D eigenvalue weighted by molar-refractivity contribution is 9.09. The molecule has 4 heteroatoms. The van der Waals surface area contributed by atoms with E-state index in [2.05, 4.69) is 20.9 Å². The summed E-state index contributed by atoms with van der Waals surface area (Å²) in [6.07, 6.45) is 1.69. The molecule has 1 amide bonds. The van der Waals surface area contributed by atoms with Gasteiger partial charge in [0.25, 0.3) is 5.91 Å². The van der Waals surface area contributed by atoms with Crippen LogP contribution in [0.3, 0.4) is 0 Å². The molecule has 0 atom stereocenters. The van der Waals surface area contributed by atoms with E-state index in [1.807, 2.05) is 37.3 Å². The van der Waals surface area contributed by atoms with E-state index < -0.39 is 0 Å². The van der Waals surface area contributed by atoms with Crippen molar-refractivity contribution in [2.45, 2.75) is 6.92 Å². The molecule has 0 radical (unpaired) electrons. The summed E-state index contributed by atoms with van der Waals surface area (Å²) in [6, 6.07) is 9.76. The zero-order chi connectivity index (χ0) is 13.0. The van der Waals surface area contributed by atoms with Crippen LogP contribution in [0, 0.1) is 0 Å². The van der Waals surface area contributed by atoms with Gasteiger partial charge < -0.3 is 4.90 Å². The van der Waals surface area contributed by atoms with Crippen LogP contribution in [0.5, 0.6) is 0 Å². The summed E-state index contributed by atoms with van der Waals surface area (Å²) in [5.74, 6) is -0.00579. The first-order valence-corrected chi connectivity index (χ1v) is 7.09. The first-order valence-electron chi connectivity index (χ1n) is 5.97. The van der Waals surface area contributed by atoms with E-state index in [0.29, 0.717) is 18.8 Å².